The summed E-state index contributed by atoms with van der Waals surface area (Å²) in [6.07, 6.45) is 1.47. The maximum absolute atomic E-state index is 14.3. The molecule has 0 aliphatic carbocycles. The molecule has 2 amide bonds. The van der Waals surface area contributed by atoms with Crippen molar-refractivity contribution in [2.45, 2.75) is 90.1 Å². The second-order valence-electron chi connectivity index (χ2n) is 19.0. The number of hydrogen-bond acceptors (Lipinski definition) is 15. The number of carbonyl (C=O) groups is 2. The summed E-state index contributed by atoms with van der Waals surface area (Å²) < 4.78 is 12.1. The first kappa shape index (κ1) is 45.5. The number of aliphatic hydroxyl groups excluding tert-OH is 1. The average molecular weight is 919 g/mol. The van der Waals surface area contributed by atoms with Crippen LogP contribution in [0.1, 0.15) is 75.9 Å². The van der Waals surface area contributed by atoms with Crippen molar-refractivity contribution >= 4 is 34.7 Å². The van der Waals surface area contributed by atoms with E-state index in [1.165, 1.54) is 11.3 Å². The average Bonchev–Trinajstić information content (AvgIpc) is 4.06. The van der Waals surface area contributed by atoms with Crippen LogP contribution in [0.4, 0.5) is 11.5 Å². The quantitative estimate of drug-likeness (QED) is 0.103. The Hall–Kier alpha value is -5.62. The molecule has 0 radical (unpaired) electrons. The fraction of sp³-hybridized carbons (Fsp3) is 0.510. The highest BCUT2D eigenvalue weighted by atomic mass is 32.1. The molecule has 4 aliphatic rings. The van der Waals surface area contributed by atoms with Gasteiger partial charge in [-0.15, -0.1) is 21.5 Å². The van der Waals surface area contributed by atoms with Gasteiger partial charge in [0.05, 0.1) is 45.7 Å². The lowest BCUT2D eigenvalue weighted by Crippen LogP contribution is -2.59. The van der Waals surface area contributed by atoms with E-state index in [0.29, 0.717) is 34.9 Å². The number of phenols is 1. The summed E-state index contributed by atoms with van der Waals surface area (Å²) in [7, 11) is 0. The molecule has 17 heteroatoms. The van der Waals surface area contributed by atoms with Crippen molar-refractivity contribution in [3.8, 4) is 33.3 Å². The minimum atomic E-state index is -0.824. The van der Waals surface area contributed by atoms with Crippen LogP contribution in [-0.2, 0) is 9.59 Å². The number of thiazole rings is 1. The number of ether oxygens (including phenoxy) is 1. The van der Waals surface area contributed by atoms with Gasteiger partial charge in [0.25, 0.3) is 5.88 Å². The van der Waals surface area contributed by atoms with Gasteiger partial charge in [-0.05, 0) is 86.5 Å². The number of β-amino-alcohol motifs (C(OH)–C–C–N with tert-alkyl or cyclic N) is 1. The van der Waals surface area contributed by atoms with Gasteiger partial charge in [-0.2, -0.15) is 0 Å². The molecule has 3 aromatic heterocycles. The Labute approximate surface area is 390 Å². The van der Waals surface area contributed by atoms with Crippen LogP contribution < -0.4 is 20.3 Å². The number of aryl methyl sites for hydroxylation is 1. The molecule has 350 valence electrons. The van der Waals surface area contributed by atoms with Crippen LogP contribution in [0.5, 0.6) is 11.6 Å². The largest absolute Gasteiger partial charge is 0.507 e. The number of anilines is 2. The zero-order valence-electron chi connectivity index (χ0n) is 38.5. The van der Waals surface area contributed by atoms with Gasteiger partial charge in [0.15, 0.2) is 11.6 Å². The molecule has 5 aromatic rings. The molecular formula is C49H62N10O6S. The first-order valence-electron chi connectivity index (χ1n) is 23.4. The van der Waals surface area contributed by atoms with Crippen LogP contribution in [-0.4, -0.2) is 140 Å². The standard InChI is InChI=1S/C49H62N10O6S/c1-29(2)45(49(63)59-27-37(60)19-41(59)48(62)52-31(4)34-12-14-35(15-13-34)46-32(5)51-28-66-46)43-21-44(55-65-43)64-30(3)23-56-16-8-9-33(24-56)25-57-17-18-58-36(26-57)22-50-47-40(58)20-39(53-54-47)38-10-6-7-11-42(38)61/h6-7,10-15,20-21,28-31,33,36-37,41,45,60-61H,8-9,16-19,22-27H2,1-5H3,(H,50,54)(H,52,62)/t30-,31+,33+,36-,37-,41+,45-/m1/s1. The molecule has 4 N–H and O–H groups in total. The number of piperidine rings is 1. The Morgan fingerprint density at radius 3 is 2.59 bits per heavy atom. The summed E-state index contributed by atoms with van der Waals surface area (Å²) in [5.74, 6) is 0.744. The zero-order chi connectivity index (χ0) is 46.1. The number of phenolic OH excluding ortho intramolecular Hbond substituents is 1. The van der Waals surface area contributed by atoms with E-state index in [1.54, 1.807) is 23.5 Å². The smallest absolute Gasteiger partial charge is 0.254 e. The number of rotatable bonds is 14. The summed E-state index contributed by atoms with van der Waals surface area (Å²) >= 11 is 1.59. The number of aliphatic hydroxyl groups is 1. The maximum Gasteiger partial charge on any atom is 0.254 e. The Kier molecular flexibility index (Phi) is 13.6. The number of fused-ring (bicyclic) bond motifs is 3. The van der Waals surface area contributed by atoms with E-state index in [2.05, 4.69) is 45.7 Å². The molecule has 66 heavy (non-hydrogen) atoms. The molecule has 0 unspecified atom stereocenters. The zero-order valence-corrected chi connectivity index (χ0v) is 39.3. The SMILES string of the molecule is Cc1ncsc1-c1ccc([C@H](C)NC(=O)[C@@H]2C[C@@H](O)CN2C(=O)[C@@H](c2cc(O[C@H](C)CN3CCC[C@H](CN4CCN5c6cc(-c7ccccc7O)nnc6NC[C@@H]5C4)C3)no2)C(C)C)cc1. The van der Waals surface area contributed by atoms with Crippen molar-refractivity contribution in [3.63, 3.8) is 0 Å². The molecule has 2 aromatic carbocycles. The Morgan fingerprint density at radius 1 is 1.00 bits per heavy atom. The van der Waals surface area contributed by atoms with E-state index in [1.807, 2.05) is 88.7 Å². The lowest BCUT2D eigenvalue weighted by Gasteiger charge is -2.47. The number of nitrogens with zero attached hydrogens (tertiary/aromatic N) is 8. The molecule has 0 saturated carbocycles. The van der Waals surface area contributed by atoms with Crippen molar-refractivity contribution in [2.75, 3.05) is 69.1 Å². The van der Waals surface area contributed by atoms with Crippen molar-refractivity contribution < 1.29 is 29.1 Å². The molecule has 16 nitrogen and oxygen atoms in total. The topological polar surface area (TPSA) is 186 Å². The van der Waals surface area contributed by atoms with Crippen LogP contribution in [0.3, 0.4) is 0 Å². The summed E-state index contributed by atoms with van der Waals surface area (Å²) in [6.45, 7) is 17.3. The number of carbonyl (C=O) groups excluding carboxylic acids is 2. The lowest BCUT2D eigenvalue weighted by atomic mass is 9.91. The normalized spacial score (nSPS) is 22.6. The molecule has 0 spiro atoms. The first-order valence-corrected chi connectivity index (χ1v) is 24.3. The van der Waals surface area contributed by atoms with Gasteiger partial charge in [0, 0.05) is 70.4 Å². The van der Waals surface area contributed by atoms with Crippen LogP contribution in [0.15, 0.2) is 70.7 Å². The minimum Gasteiger partial charge on any atom is -0.507 e. The Morgan fingerprint density at radius 2 is 1.82 bits per heavy atom. The second kappa shape index (κ2) is 19.7. The predicted octanol–water partition coefficient (Wildman–Crippen LogP) is 5.94. The number of aromatic nitrogens is 4. The highest BCUT2D eigenvalue weighted by Gasteiger charge is 2.44. The number of benzene rings is 2. The maximum atomic E-state index is 14.3. The number of amides is 2. The molecule has 0 bridgehead atoms. The van der Waals surface area contributed by atoms with Gasteiger partial charge in [-0.1, -0.05) is 50.2 Å². The van der Waals surface area contributed by atoms with Gasteiger partial charge >= 0.3 is 0 Å². The Balaban J connectivity index is 0.764. The van der Waals surface area contributed by atoms with Crippen LogP contribution in [0.2, 0.25) is 0 Å². The third-order valence-electron chi connectivity index (χ3n) is 13.7. The Bertz CT molecular complexity index is 2480. The van der Waals surface area contributed by atoms with E-state index < -0.39 is 18.1 Å². The predicted molar refractivity (Wildman–Crippen MR) is 254 cm³/mol. The number of para-hydroxylation sites is 1. The van der Waals surface area contributed by atoms with Crippen molar-refractivity contribution in [3.05, 3.63) is 83.2 Å². The molecule has 9 rings (SSSR count). The molecule has 7 atom stereocenters. The number of aromatic hydroxyl groups is 1. The van der Waals surface area contributed by atoms with E-state index in [9.17, 15) is 19.8 Å². The van der Waals surface area contributed by atoms with Gasteiger partial charge in [0.1, 0.15) is 23.8 Å². The van der Waals surface area contributed by atoms with Gasteiger partial charge in [-0.25, -0.2) is 4.98 Å². The third-order valence-corrected chi connectivity index (χ3v) is 14.7. The molecule has 4 aliphatic heterocycles. The molecular weight excluding hydrogens is 857 g/mol. The van der Waals surface area contributed by atoms with Crippen molar-refractivity contribution in [1.29, 1.82) is 0 Å². The van der Waals surface area contributed by atoms with Crippen molar-refractivity contribution in [1.82, 2.24) is 40.4 Å². The molecule has 3 saturated heterocycles. The highest BCUT2D eigenvalue weighted by Crippen LogP contribution is 2.37. The summed E-state index contributed by atoms with van der Waals surface area (Å²) in [6, 6.07) is 18.2. The minimum absolute atomic E-state index is 0.0592. The monoisotopic (exact) mass is 918 g/mol. The van der Waals surface area contributed by atoms with E-state index in [-0.39, 0.29) is 48.6 Å². The number of likely N-dealkylation sites (tertiary alicyclic amines) is 2. The number of nitrogens with one attached hydrogen (secondary N) is 2. The summed E-state index contributed by atoms with van der Waals surface area (Å²) in [5.41, 5.74) is 7.21. The third kappa shape index (κ3) is 9.89. The fourth-order valence-corrected chi connectivity index (χ4v) is 11.2. The van der Waals surface area contributed by atoms with Crippen LogP contribution in [0.25, 0.3) is 21.7 Å². The second-order valence-corrected chi connectivity index (χ2v) is 19.8. The lowest BCUT2D eigenvalue weighted by molar-refractivity contribution is -0.141. The van der Waals surface area contributed by atoms with Gasteiger partial charge in [-0.3, -0.25) is 19.4 Å². The number of hydrogen-bond donors (Lipinski definition) is 4. The van der Waals surface area contributed by atoms with Gasteiger partial charge in [0.2, 0.25) is 11.8 Å². The van der Waals surface area contributed by atoms with Gasteiger partial charge < -0.3 is 39.9 Å². The summed E-state index contributed by atoms with van der Waals surface area (Å²) in [4.78, 5) is 42.6. The molecule has 3 fully saturated rings. The fourth-order valence-electron chi connectivity index (χ4n) is 10.4. The highest BCUT2D eigenvalue weighted by molar-refractivity contribution is 7.13. The van der Waals surface area contributed by atoms with E-state index in [4.69, 9.17) is 9.26 Å². The van der Waals surface area contributed by atoms with Crippen LogP contribution >= 0.6 is 11.3 Å². The summed E-state index contributed by atoms with van der Waals surface area (Å²) in [5, 5.41) is 40.9. The first-order chi connectivity index (χ1) is 31.9. The van der Waals surface area contributed by atoms with Crippen LogP contribution in [0, 0.1) is 18.8 Å². The van der Waals surface area contributed by atoms with E-state index >= 15 is 0 Å². The van der Waals surface area contributed by atoms with E-state index in [0.717, 1.165) is 92.0 Å². The van der Waals surface area contributed by atoms with Crippen molar-refractivity contribution in [2.24, 2.45) is 11.8 Å². The molecule has 7 heterocycles. The number of piperazine rings is 1.